The molecule has 1 fully saturated rings. The van der Waals surface area contributed by atoms with E-state index in [9.17, 15) is 18.3 Å². The maximum Gasteiger partial charge on any atom is 0.319 e. The number of hydrogen-bond acceptors (Lipinski definition) is 5. The van der Waals surface area contributed by atoms with Gasteiger partial charge in [-0.05, 0) is 43.7 Å². The van der Waals surface area contributed by atoms with Crippen LogP contribution < -0.4 is 20.7 Å². The Hall–Kier alpha value is -1.68. The fraction of sp³-hybridized carbons (Fsp3) is 0.533. The largest absolute Gasteiger partial charge is 0.391 e. The Morgan fingerprint density at radius 1 is 1.33 bits per heavy atom. The van der Waals surface area contributed by atoms with E-state index in [-0.39, 0.29) is 10.9 Å². The molecular weight excluding hydrogens is 332 g/mol. The van der Waals surface area contributed by atoms with E-state index >= 15 is 0 Å². The summed E-state index contributed by atoms with van der Waals surface area (Å²) in [6.45, 7) is 3.49. The lowest BCUT2D eigenvalue weighted by Gasteiger charge is -2.29. The van der Waals surface area contributed by atoms with Crippen LogP contribution in [0.4, 0.5) is 10.5 Å². The third-order valence-corrected chi connectivity index (χ3v) is 5.20. The molecule has 9 heteroatoms. The standard InChI is InChI=1S/C15H24N4O4S/c1-2-8-17-24(22,23)12-5-3-11(4-6-12)18-15(21)19-13-10-16-9-7-14(13)20/h3-6,13-14,16-17,20H,2,7-10H2,1H3,(H2,18,19,21)/t13-,14-/m1/s1. The maximum absolute atomic E-state index is 12.0. The van der Waals surface area contributed by atoms with Gasteiger partial charge >= 0.3 is 6.03 Å². The Morgan fingerprint density at radius 2 is 2.04 bits per heavy atom. The summed E-state index contributed by atoms with van der Waals surface area (Å²) < 4.78 is 26.4. The first-order valence-electron chi connectivity index (χ1n) is 7.98. The highest BCUT2D eigenvalue weighted by molar-refractivity contribution is 7.89. The molecule has 1 aromatic carbocycles. The van der Waals surface area contributed by atoms with Crippen molar-refractivity contribution in [1.29, 1.82) is 0 Å². The van der Waals surface area contributed by atoms with E-state index < -0.39 is 22.2 Å². The molecule has 1 heterocycles. The molecule has 1 aromatic rings. The minimum Gasteiger partial charge on any atom is -0.391 e. The monoisotopic (exact) mass is 356 g/mol. The number of amides is 2. The van der Waals surface area contributed by atoms with Crippen LogP contribution in [-0.4, -0.2) is 51.3 Å². The smallest absolute Gasteiger partial charge is 0.319 e. The van der Waals surface area contributed by atoms with Gasteiger partial charge in [0.25, 0.3) is 0 Å². The zero-order valence-corrected chi connectivity index (χ0v) is 14.4. The first-order valence-corrected chi connectivity index (χ1v) is 9.46. The number of rotatable bonds is 6. The zero-order chi connectivity index (χ0) is 17.6. The first kappa shape index (κ1) is 18.7. The molecule has 0 aliphatic carbocycles. The molecule has 2 amide bonds. The summed E-state index contributed by atoms with van der Waals surface area (Å²) in [7, 11) is -3.52. The van der Waals surface area contributed by atoms with Gasteiger partial charge in [0.2, 0.25) is 10.0 Å². The highest BCUT2D eigenvalue weighted by atomic mass is 32.2. The van der Waals surface area contributed by atoms with E-state index in [0.29, 0.717) is 31.6 Å². The molecule has 1 aliphatic heterocycles. The number of carbonyl (C=O) groups excluding carboxylic acids is 1. The fourth-order valence-corrected chi connectivity index (χ4v) is 3.50. The van der Waals surface area contributed by atoms with Crippen molar-refractivity contribution < 1.29 is 18.3 Å². The number of nitrogens with one attached hydrogen (secondary N) is 4. The molecule has 0 radical (unpaired) electrons. The van der Waals surface area contributed by atoms with Crippen LogP contribution in [0.5, 0.6) is 0 Å². The molecule has 0 unspecified atom stereocenters. The number of piperidine rings is 1. The van der Waals surface area contributed by atoms with E-state index in [0.717, 1.165) is 6.54 Å². The highest BCUT2D eigenvalue weighted by Crippen LogP contribution is 2.14. The molecule has 2 atom stereocenters. The van der Waals surface area contributed by atoms with Crippen molar-refractivity contribution in [2.45, 2.75) is 36.8 Å². The van der Waals surface area contributed by atoms with Crippen molar-refractivity contribution in [2.24, 2.45) is 0 Å². The summed E-state index contributed by atoms with van der Waals surface area (Å²) >= 11 is 0. The van der Waals surface area contributed by atoms with Crippen molar-refractivity contribution in [3.05, 3.63) is 24.3 Å². The van der Waals surface area contributed by atoms with Crippen molar-refractivity contribution in [3.63, 3.8) is 0 Å². The fourth-order valence-electron chi connectivity index (χ4n) is 2.36. The van der Waals surface area contributed by atoms with Crippen LogP contribution in [0.1, 0.15) is 19.8 Å². The molecule has 1 saturated heterocycles. The number of sulfonamides is 1. The van der Waals surface area contributed by atoms with Crippen LogP contribution in [0.25, 0.3) is 0 Å². The van der Waals surface area contributed by atoms with Crippen LogP contribution >= 0.6 is 0 Å². The lowest BCUT2D eigenvalue weighted by Crippen LogP contribution is -2.54. The topological polar surface area (TPSA) is 120 Å². The average molecular weight is 356 g/mol. The summed E-state index contributed by atoms with van der Waals surface area (Å²) in [5.74, 6) is 0. The normalized spacial score (nSPS) is 21.2. The van der Waals surface area contributed by atoms with Crippen LogP contribution in [-0.2, 0) is 10.0 Å². The van der Waals surface area contributed by atoms with Gasteiger partial charge in [-0.2, -0.15) is 0 Å². The van der Waals surface area contributed by atoms with E-state index in [4.69, 9.17) is 0 Å². The van der Waals surface area contributed by atoms with Crippen LogP contribution in [0, 0.1) is 0 Å². The second kappa shape index (κ2) is 8.43. The molecule has 134 valence electrons. The van der Waals surface area contributed by atoms with E-state index in [2.05, 4.69) is 20.7 Å². The van der Waals surface area contributed by atoms with Gasteiger partial charge < -0.3 is 21.1 Å². The van der Waals surface area contributed by atoms with Crippen molar-refractivity contribution in [3.8, 4) is 0 Å². The Labute approximate surface area is 142 Å². The lowest BCUT2D eigenvalue weighted by atomic mass is 10.0. The van der Waals surface area contributed by atoms with E-state index in [1.165, 1.54) is 24.3 Å². The third-order valence-electron chi connectivity index (χ3n) is 3.73. The second-order valence-electron chi connectivity index (χ2n) is 5.69. The molecule has 5 N–H and O–H groups in total. The maximum atomic E-state index is 12.0. The third kappa shape index (κ3) is 5.17. The summed E-state index contributed by atoms with van der Waals surface area (Å²) in [5, 5.41) is 18.2. The van der Waals surface area contributed by atoms with Gasteiger partial charge in [-0.15, -0.1) is 0 Å². The number of benzene rings is 1. The summed E-state index contributed by atoms with van der Waals surface area (Å²) in [4.78, 5) is 12.1. The van der Waals surface area contributed by atoms with Crippen molar-refractivity contribution >= 4 is 21.7 Å². The molecule has 0 bridgehead atoms. The zero-order valence-electron chi connectivity index (χ0n) is 13.6. The van der Waals surface area contributed by atoms with Gasteiger partial charge in [0.15, 0.2) is 0 Å². The molecule has 8 nitrogen and oxygen atoms in total. The van der Waals surface area contributed by atoms with Gasteiger partial charge in [-0.1, -0.05) is 6.92 Å². The molecular formula is C15H24N4O4S. The minimum absolute atomic E-state index is 0.147. The van der Waals surface area contributed by atoms with Gasteiger partial charge in [0.05, 0.1) is 17.0 Å². The Kier molecular flexibility index (Phi) is 6.55. The van der Waals surface area contributed by atoms with Crippen LogP contribution in [0.2, 0.25) is 0 Å². The van der Waals surface area contributed by atoms with E-state index in [1.807, 2.05) is 6.92 Å². The Balaban J connectivity index is 1.92. The first-order chi connectivity index (χ1) is 11.4. The van der Waals surface area contributed by atoms with Gasteiger partial charge in [0.1, 0.15) is 0 Å². The van der Waals surface area contributed by atoms with Crippen molar-refractivity contribution in [1.82, 2.24) is 15.4 Å². The number of hydrogen-bond donors (Lipinski definition) is 5. The highest BCUT2D eigenvalue weighted by Gasteiger charge is 2.24. The van der Waals surface area contributed by atoms with Crippen LogP contribution in [0.15, 0.2) is 29.2 Å². The molecule has 0 aromatic heterocycles. The molecule has 2 rings (SSSR count). The van der Waals surface area contributed by atoms with Gasteiger partial charge in [-0.3, -0.25) is 0 Å². The van der Waals surface area contributed by atoms with Gasteiger partial charge in [0, 0.05) is 18.8 Å². The number of aliphatic hydroxyl groups is 1. The quantitative estimate of drug-likeness (QED) is 0.499. The summed E-state index contributed by atoms with van der Waals surface area (Å²) in [6, 6.07) is 5.12. The summed E-state index contributed by atoms with van der Waals surface area (Å²) in [5.41, 5.74) is 0.472. The number of anilines is 1. The van der Waals surface area contributed by atoms with E-state index in [1.54, 1.807) is 0 Å². The Bertz CT molecular complexity index is 648. The van der Waals surface area contributed by atoms with Crippen LogP contribution in [0.3, 0.4) is 0 Å². The molecule has 0 saturated carbocycles. The molecule has 1 aliphatic rings. The van der Waals surface area contributed by atoms with Gasteiger partial charge in [-0.25, -0.2) is 17.9 Å². The molecule has 0 spiro atoms. The SMILES string of the molecule is CCCNS(=O)(=O)c1ccc(NC(=O)N[C@@H]2CNCC[C@H]2O)cc1. The number of carbonyl (C=O) groups is 1. The average Bonchev–Trinajstić information content (AvgIpc) is 2.55. The number of aliphatic hydroxyl groups excluding tert-OH is 1. The second-order valence-corrected chi connectivity index (χ2v) is 7.45. The predicted molar refractivity (Wildman–Crippen MR) is 91.4 cm³/mol. The number of urea groups is 1. The molecule has 24 heavy (non-hydrogen) atoms. The minimum atomic E-state index is -3.52. The lowest BCUT2D eigenvalue weighted by molar-refractivity contribution is 0.103. The van der Waals surface area contributed by atoms with Crippen molar-refractivity contribution in [2.75, 3.05) is 25.0 Å². The summed E-state index contributed by atoms with van der Waals surface area (Å²) in [6.07, 6.45) is 0.720. The Morgan fingerprint density at radius 3 is 2.67 bits per heavy atom. The predicted octanol–water partition coefficient (Wildman–Crippen LogP) is 0.219.